The molecule has 0 bridgehead atoms. The van der Waals surface area contributed by atoms with Crippen molar-refractivity contribution in [2.75, 3.05) is 31.7 Å². The molecule has 27 heavy (non-hydrogen) atoms. The lowest BCUT2D eigenvalue weighted by Crippen LogP contribution is -2.34. The third-order valence-electron chi connectivity index (χ3n) is 4.36. The largest absolute Gasteiger partial charge is 0.376 e. The Labute approximate surface area is 157 Å². The number of aromatic nitrogens is 4. The van der Waals surface area contributed by atoms with Crippen molar-refractivity contribution in [1.29, 1.82) is 0 Å². The zero-order chi connectivity index (χ0) is 18.5. The number of ether oxygens (including phenoxy) is 2. The van der Waals surface area contributed by atoms with Crippen molar-refractivity contribution in [2.24, 2.45) is 0 Å². The van der Waals surface area contributed by atoms with E-state index in [0.717, 1.165) is 22.4 Å². The number of benzene rings is 1. The van der Waals surface area contributed by atoms with Gasteiger partial charge >= 0.3 is 0 Å². The molecule has 1 fully saturated rings. The van der Waals surface area contributed by atoms with E-state index in [0.29, 0.717) is 32.3 Å². The van der Waals surface area contributed by atoms with Gasteiger partial charge in [-0.05, 0) is 6.92 Å². The lowest BCUT2D eigenvalue weighted by atomic mass is 10.0. The van der Waals surface area contributed by atoms with Gasteiger partial charge in [0.15, 0.2) is 0 Å². The van der Waals surface area contributed by atoms with Crippen LogP contribution in [0.3, 0.4) is 0 Å². The molecular formula is C20H21N5O2. The molecule has 1 saturated heterocycles. The molecule has 138 valence electrons. The third-order valence-corrected chi connectivity index (χ3v) is 4.36. The van der Waals surface area contributed by atoms with E-state index in [1.54, 1.807) is 18.6 Å². The molecule has 1 atom stereocenters. The Morgan fingerprint density at radius 2 is 1.85 bits per heavy atom. The number of hydrogen-bond donors (Lipinski definition) is 1. The minimum absolute atomic E-state index is 0.00683. The van der Waals surface area contributed by atoms with Gasteiger partial charge in [-0.2, -0.15) is 0 Å². The summed E-state index contributed by atoms with van der Waals surface area (Å²) in [4.78, 5) is 17.5. The summed E-state index contributed by atoms with van der Waals surface area (Å²) in [6.07, 6.45) is 6.86. The second kappa shape index (κ2) is 8.20. The van der Waals surface area contributed by atoms with Crippen LogP contribution in [-0.2, 0) is 9.47 Å². The summed E-state index contributed by atoms with van der Waals surface area (Å²) in [6.45, 7) is 4.51. The van der Waals surface area contributed by atoms with E-state index in [4.69, 9.17) is 14.5 Å². The predicted octanol–water partition coefficient (Wildman–Crippen LogP) is 2.74. The fraction of sp³-hybridized carbons (Fsp3) is 0.300. The lowest BCUT2D eigenvalue weighted by Gasteiger charge is -2.23. The topological polar surface area (TPSA) is 82.1 Å². The Balaban J connectivity index is 1.64. The quantitative estimate of drug-likeness (QED) is 0.746. The van der Waals surface area contributed by atoms with Crippen LogP contribution in [0.2, 0.25) is 0 Å². The van der Waals surface area contributed by atoms with E-state index in [1.165, 1.54) is 11.9 Å². The normalized spacial score (nSPS) is 16.9. The lowest BCUT2D eigenvalue weighted by molar-refractivity contribution is -0.0819. The van der Waals surface area contributed by atoms with Gasteiger partial charge in [0.05, 0.1) is 31.6 Å². The van der Waals surface area contributed by atoms with Gasteiger partial charge in [-0.3, -0.25) is 0 Å². The second-order valence-corrected chi connectivity index (χ2v) is 6.40. The van der Waals surface area contributed by atoms with Crippen molar-refractivity contribution >= 4 is 5.95 Å². The molecule has 7 nitrogen and oxygen atoms in total. The van der Waals surface area contributed by atoms with Gasteiger partial charge in [-0.1, -0.05) is 29.8 Å². The van der Waals surface area contributed by atoms with Gasteiger partial charge in [0, 0.05) is 41.8 Å². The number of rotatable bonds is 5. The Morgan fingerprint density at radius 1 is 1.04 bits per heavy atom. The van der Waals surface area contributed by atoms with E-state index in [-0.39, 0.29) is 6.10 Å². The molecule has 0 radical (unpaired) electrons. The Hall–Kier alpha value is -2.90. The van der Waals surface area contributed by atoms with Gasteiger partial charge in [0.25, 0.3) is 0 Å². The first-order valence-electron chi connectivity index (χ1n) is 8.92. The monoisotopic (exact) mass is 363 g/mol. The maximum Gasteiger partial charge on any atom is 0.223 e. The van der Waals surface area contributed by atoms with E-state index in [1.807, 2.05) is 0 Å². The summed E-state index contributed by atoms with van der Waals surface area (Å²) in [5, 5.41) is 3.26. The predicted molar refractivity (Wildman–Crippen MR) is 102 cm³/mol. The molecule has 4 rings (SSSR count). The Bertz CT molecular complexity index is 881. The van der Waals surface area contributed by atoms with E-state index in [2.05, 4.69) is 51.5 Å². The Morgan fingerprint density at radius 3 is 2.59 bits per heavy atom. The summed E-state index contributed by atoms with van der Waals surface area (Å²) in [5.41, 5.74) is 4.82. The van der Waals surface area contributed by atoms with Crippen LogP contribution in [0.15, 0.2) is 49.2 Å². The van der Waals surface area contributed by atoms with Crippen LogP contribution in [0.25, 0.3) is 22.4 Å². The number of nitrogens with one attached hydrogen (secondary N) is 1. The number of hydrogen-bond acceptors (Lipinski definition) is 7. The maximum absolute atomic E-state index is 5.66. The van der Waals surface area contributed by atoms with Crippen LogP contribution in [-0.4, -0.2) is 52.4 Å². The first-order valence-corrected chi connectivity index (χ1v) is 8.92. The highest BCUT2D eigenvalue weighted by Crippen LogP contribution is 2.30. The van der Waals surface area contributed by atoms with Crippen molar-refractivity contribution in [3.8, 4) is 22.4 Å². The van der Waals surface area contributed by atoms with Gasteiger partial charge in [-0.25, -0.2) is 19.9 Å². The molecule has 3 aromatic rings. The molecule has 2 aromatic heterocycles. The van der Waals surface area contributed by atoms with Crippen LogP contribution in [0.4, 0.5) is 5.95 Å². The van der Waals surface area contributed by atoms with Crippen LogP contribution in [0, 0.1) is 6.92 Å². The SMILES string of the molecule is Cc1ccc(-c2nc(NCC3COCCO3)ncc2-c2cncnc2)cc1. The molecule has 1 aliphatic rings. The Kier molecular flexibility index (Phi) is 5.32. The fourth-order valence-corrected chi connectivity index (χ4v) is 2.91. The molecule has 3 heterocycles. The van der Waals surface area contributed by atoms with E-state index in [9.17, 15) is 0 Å². The van der Waals surface area contributed by atoms with Crippen LogP contribution >= 0.6 is 0 Å². The zero-order valence-corrected chi connectivity index (χ0v) is 15.1. The number of anilines is 1. The van der Waals surface area contributed by atoms with Crippen molar-refractivity contribution in [2.45, 2.75) is 13.0 Å². The van der Waals surface area contributed by atoms with Gasteiger partial charge in [-0.15, -0.1) is 0 Å². The maximum atomic E-state index is 5.66. The fourth-order valence-electron chi connectivity index (χ4n) is 2.91. The molecule has 0 saturated carbocycles. The first-order chi connectivity index (χ1) is 13.3. The van der Waals surface area contributed by atoms with Crippen LogP contribution in [0.1, 0.15) is 5.56 Å². The van der Waals surface area contributed by atoms with E-state index < -0.39 is 0 Å². The molecule has 1 N–H and O–H groups in total. The second-order valence-electron chi connectivity index (χ2n) is 6.40. The highest BCUT2D eigenvalue weighted by Gasteiger charge is 2.16. The molecule has 1 aromatic carbocycles. The number of nitrogens with zero attached hydrogens (tertiary/aromatic N) is 4. The standard InChI is InChI=1S/C20H21N5O2/c1-14-2-4-15(5-3-14)19-18(16-8-21-13-22-9-16)11-24-20(25-19)23-10-17-12-26-6-7-27-17/h2-5,8-9,11,13,17H,6-7,10,12H2,1H3,(H,23,24,25). The summed E-state index contributed by atoms with van der Waals surface area (Å²) in [7, 11) is 0. The number of aryl methyl sites for hydroxylation is 1. The summed E-state index contributed by atoms with van der Waals surface area (Å²) in [5.74, 6) is 0.556. The summed E-state index contributed by atoms with van der Waals surface area (Å²) >= 11 is 0. The highest BCUT2D eigenvalue weighted by atomic mass is 16.6. The van der Waals surface area contributed by atoms with Crippen molar-refractivity contribution in [3.63, 3.8) is 0 Å². The minimum atomic E-state index is 0.00683. The van der Waals surface area contributed by atoms with Crippen LogP contribution in [0.5, 0.6) is 0 Å². The first kappa shape index (κ1) is 17.5. The highest BCUT2D eigenvalue weighted by molar-refractivity contribution is 5.80. The van der Waals surface area contributed by atoms with Gasteiger partial charge in [0.2, 0.25) is 5.95 Å². The summed E-state index contributed by atoms with van der Waals surface area (Å²) < 4.78 is 11.1. The molecule has 0 spiro atoms. The molecule has 0 aliphatic carbocycles. The van der Waals surface area contributed by atoms with E-state index >= 15 is 0 Å². The van der Waals surface area contributed by atoms with Crippen molar-refractivity contribution in [3.05, 3.63) is 54.7 Å². The van der Waals surface area contributed by atoms with Crippen molar-refractivity contribution < 1.29 is 9.47 Å². The van der Waals surface area contributed by atoms with Crippen molar-refractivity contribution in [1.82, 2.24) is 19.9 Å². The molecule has 1 aliphatic heterocycles. The molecule has 1 unspecified atom stereocenters. The van der Waals surface area contributed by atoms with Crippen LogP contribution < -0.4 is 5.32 Å². The third kappa shape index (κ3) is 4.27. The average molecular weight is 363 g/mol. The smallest absolute Gasteiger partial charge is 0.223 e. The zero-order valence-electron chi connectivity index (χ0n) is 15.1. The van der Waals surface area contributed by atoms with Gasteiger partial charge in [0.1, 0.15) is 6.33 Å². The molecular weight excluding hydrogens is 342 g/mol. The average Bonchev–Trinajstić information content (AvgIpc) is 2.74. The van der Waals surface area contributed by atoms with Gasteiger partial charge < -0.3 is 14.8 Å². The molecule has 7 heteroatoms. The molecule has 0 amide bonds. The minimum Gasteiger partial charge on any atom is -0.376 e. The summed E-state index contributed by atoms with van der Waals surface area (Å²) in [6, 6.07) is 8.27.